The van der Waals surface area contributed by atoms with Gasteiger partial charge in [-0.2, -0.15) is 0 Å². The summed E-state index contributed by atoms with van der Waals surface area (Å²) in [5.41, 5.74) is 2.17. The molecule has 2 aromatic rings. The molecule has 6 nitrogen and oxygen atoms in total. The zero-order valence-corrected chi connectivity index (χ0v) is 18.6. The Balaban J connectivity index is 1.98. The number of hydrogen-bond acceptors (Lipinski definition) is 4. The lowest BCUT2D eigenvalue weighted by atomic mass is 9.91. The highest BCUT2D eigenvalue weighted by molar-refractivity contribution is 7.92. The van der Waals surface area contributed by atoms with E-state index in [2.05, 4.69) is 0 Å². The summed E-state index contributed by atoms with van der Waals surface area (Å²) >= 11 is 0. The Labute approximate surface area is 179 Å². The minimum atomic E-state index is -3.94. The van der Waals surface area contributed by atoms with Crippen LogP contribution < -0.4 is 4.31 Å². The van der Waals surface area contributed by atoms with Crippen molar-refractivity contribution in [1.29, 1.82) is 0 Å². The standard InChI is InChI=1S/C23H30N2O4S/c1-17-13-14-18(2)21(15-17)25(30(28,29)19-9-5-4-6-10-19)16-23(27)24(3)20-11-7-8-12-22(20)26/h4-6,9-10,13-15,20,22,26H,7-8,11-12,16H2,1-3H3. The molecule has 30 heavy (non-hydrogen) atoms. The maximum absolute atomic E-state index is 13.5. The van der Waals surface area contributed by atoms with E-state index in [0.29, 0.717) is 12.1 Å². The van der Waals surface area contributed by atoms with Crippen LogP contribution in [0.15, 0.2) is 53.4 Å². The Kier molecular flexibility index (Phi) is 6.83. The van der Waals surface area contributed by atoms with Crippen LogP contribution in [0.4, 0.5) is 5.69 Å². The lowest BCUT2D eigenvalue weighted by molar-refractivity contribution is -0.133. The molecule has 0 spiro atoms. The van der Waals surface area contributed by atoms with E-state index in [0.717, 1.165) is 30.4 Å². The molecule has 3 rings (SSSR count). The van der Waals surface area contributed by atoms with Crippen LogP contribution in [0, 0.1) is 13.8 Å². The minimum Gasteiger partial charge on any atom is -0.391 e. The van der Waals surface area contributed by atoms with Crippen molar-refractivity contribution in [2.24, 2.45) is 0 Å². The summed E-state index contributed by atoms with van der Waals surface area (Å²) in [5.74, 6) is -0.332. The van der Waals surface area contributed by atoms with E-state index in [9.17, 15) is 18.3 Å². The number of sulfonamides is 1. The number of aliphatic hydroxyl groups is 1. The van der Waals surface area contributed by atoms with Crippen LogP contribution in [-0.4, -0.2) is 50.1 Å². The summed E-state index contributed by atoms with van der Waals surface area (Å²) in [6, 6.07) is 13.4. The molecule has 2 atom stereocenters. The highest BCUT2D eigenvalue weighted by atomic mass is 32.2. The van der Waals surface area contributed by atoms with E-state index < -0.39 is 16.1 Å². The molecule has 0 bridgehead atoms. The third-order valence-electron chi connectivity index (χ3n) is 5.83. The van der Waals surface area contributed by atoms with Crippen molar-refractivity contribution in [2.75, 3.05) is 17.9 Å². The Morgan fingerprint density at radius 1 is 1.07 bits per heavy atom. The van der Waals surface area contributed by atoms with Crippen LogP contribution >= 0.6 is 0 Å². The molecule has 1 aliphatic rings. The molecule has 0 saturated heterocycles. The third-order valence-corrected chi connectivity index (χ3v) is 7.60. The third kappa shape index (κ3) is 4.68. The number of aliphatic hydroxyl groups excluding tert-OH is 1. The molecule has 162 valence electrons. The fourth-order valence-corrected chi connectivity index (χ4v) is 5.46. The maximum Gasteiger partial charge on any atom is 0.264 e. The number of aryl methyl sites for hydroxylation is 2. The summed E-state index contributed by atoms with van der Waals surface area (Å²) in [7, 11) is -2.29. The second-order valence-corrected chi connectivity index (χ2v) is 9.90. The van der Waals surface area contributed by atoms with Crippen molar-refractivity contribution in [3.63, 3.8) is 0 Å². The number of hydrogen-bond donors (Lipinski definition) is 1. The zero-order valence-electron chi connectivity index (χ0n) is 17.8. The van der Waals surface area contributed by atoms with Crippen molar-refractivity contribution < 1.29 is 18.3 Å². The topological polar surface area (TPSA) is 77.9 Å². The fourth-order valence-electron chi connectivity index (χ4n) is 3.97. The number of likely N-dealkylation sites (N-methyl/N-ethyl adjacent to an activating group) is 1. The van der Waals surface area contributed by atoms with E-state index in [1.54, 1.807) is 31.3 Å². The van der Waals surface area contributed by atoms with Gasteiger partial charge in [-0.1, -0.05) is 43.2 Å². The zero-order chi connectivity index (χ0) is 21.9. The number of amides is 1. The number of rotatable bonds is 6. The smallest absolute Gasteiger partial charge is 0.264 e. The van der Waals surface area contributed by atoms with Gasteiger partial charge in [0, 0.05) is 7.05 Å². The first-order valence-corrected chi connectivity index (χ1v) is 11.7. The lowest BCUT2D eigenvalue weighted by Crippen LogP contribution is -2.50. The van der Waals surface area contributed by atoms with Crippen LogP contribution in [0.3, 0.4) is 0 Å². The molecule has 0 aromatic heterocycles. The molecule has 1 N–H and O–H groups in total. The van der Waals surface area contributed by atoms with Crippen molar-refractivity contribution in [3.05, 3.63) is 59.7 Å². The molecule has 1 amide bonds. The molecule has 7 heteroatoms. The van der Waals surface area contributed by atoms with Gasteiger partial charge in [0.25, 0.3) is 10.0 Å². The first kappa shape index (κ1) is 22.3. The van der Waals surface area contributed by atoms with Gasteiger partial charge < -0.3 is 10.0 Å². The summed E-state index contributed by atoms with van der Waals surface area (Å²) in [6.07, 6.45) is 2.69. The van der Waals surface area contributed by atoms with Gasteiger partial charge in [-0.25, -0.2) is 8.42 Å². The number of carbonyl (C=O) groups is 1. The molecule has 2 aromatic carbocycles. The van der Waals surface area contributed by atoms with Gasteiger partial charge >= 0.3 is 0 Å². The first-order valence-electron chi connectivity index (χ1n) is 10.3. The van der Waals surface area contributed by atoms with Crippen LogP contribution in [0.2, 0.25) is 0 Å². The number of anilines is 1. The summed E-state index contributed by atoms with van der Waals surface area (Å²) in [5, 5.41) is 10.3. The van der Waals surface area contributed by atoms with Gasteiger partial charge in [0.1, 0.15) is 6.54 Å². The van der Waals surface area contributed by atoms with E-state index in [-0.39, 0.29) is 23.4 Å². The summed E-state index contributed by atoms with van der Waals surface area (Å²) < 4.78 is 28.2. The molecule has 1 fully saturated rings. The Bertz CT molecular complexity index is 992. The predicted octanol–water partition coefficient (Wildman–Crippen LogP) is 3.26. The van der Waals surface area contributed by atoms with Crippen LogP contribution in [0.1, 0.15) is 36.8 Å². The van der Waals surface area contributed by atoms with Gasteiger partial charge in [0.05, 0.1) is 22.7 Å². The lowest BCUT2D eigenvalue weighted by Gasteiger charge is -2.36. The summed E-state index contributed by atoms with van der Waals surface area (Å²) in [4.78, 5) is 14.8. The second-order valence-electron chi connectivity index (χ2n) is 8.04. The number of benzene rings is 2. The molecule has 0 heterocycles. The predicted molar refractivity (Wildman–Crippen MR) is 118 cm³/mol. The normalized spacial score (nSPS) is 19.3. The van der Waals surface area contributed by atoms with E-state index in [1.165, 1.54) is 21.3 Å². The SMILES string of the molecule is Cc1ccc(C)c(N(CC(=O)N(C)C2CCCCC2O)S(=O)(=O)c2ccccc2)c1. The molecule has 2 unspecified atom stereocenters. The van der Waals surface area contributed by atoms with Crippen molar-refractivity contribution in [2.45, 2.75) is 56.6 Å². The van der Waals surface area contributed by atoms with E-state index in [4.69, 9.17) is 0 Å². The van der Waals surface area contributed by atoms with Crippen molar-refractivity contribution in [3.8, 4) is 0 Å². The minimum absolute atomic E-state index is 0.138. The average Bonchev–Trinajstić information content (AvgIpc) is 2.74. The molecule has 1 aliphatic carbocycles. The van der Waals surface area contributed by atoms with Gasteiger partial charge in [0.2, 0.25) is 5.91 Å². The van der Waals surface area contributed by atoms with Crippen LogP contribution in [0.25, 0.3) is 0 Å². The van der Waals surface area contributed by atoms with Crippen LogP contribution in [0.5, 0.6) is 0 Å². The van der Waals surface area contributed by atoms with Gasteiger partial charge in [-0.3, -0.25) is 9.10 Å². The van der Waals surface area contributed by atoms with E-state index in [1.807, 2.05) is 26.0 Å². The molecular formula is C23H30N2O4S. The molecule has 0 aliphatic heterocycles. The maximum atomic E-state index is 13.5. The number of carbonyl (C=O) groups excluding carboxylic acids is 1. The average molecular weight is 431 g/mol. The largest absolute Gasteiger partial charge is 0.391 e. The first-order chi connectivity index (χ1) is 14.2. The molecule has 1 saturated carbocycles. The van der Waals surface area contributed by atoms with E-state index >= 15 is 0 Å². The van der Waals surface area contributed by atoms with Crippen molar-refractivity contribution in [1.82, 2.24) is 4.90 Å². The second kappa shape index (κ2) is 9.18. The molecule has 0 radical (unpaired) electrons. The Hall–Kier alpha value is -2.38. The fraction of sp³-hybridized carbons (Fsp3) is 0.435. The molecular weight excluding hydrogens is 400 g/mol. The monoisotopic (exact) mass is 430 g/mol. The summed E-state index contributed by atoms with van der Waals surface area (Å²) in [6.45, 7) is 3.41. The highest BCUT2D eigenvalue weighted by Gasteiger charge is 2.33. The van der Waals surface area contributed by atoms with Gasteiger partial charge in [-0.05, 0) is 56.0 Å². The van der Waals surface area contributed by atoms with Crippen LogP contribution in [-0.2, 0) is 14.8 Å². The quantitative estimate of drug-likeness (QED) is 0.763. The number of nitrogens with zero attached hydrogens (tertiary/aromatic N) is 2. The van der Waals surface area contributed by atoms with Gasteiger partial charge in [-0.15, -0.1) is 0 Å². The van der Waals surface area contributed by atoms with Crippen molar-refractivity contribution >= 4 is 21.6 Å². The van der Waals surface area contributed by atoms with Gasteiger partial charge in [0.15, 0.2) is 0 Å². The Morgan fingerprint density at radius 3 is 2.40 bits per heavy atom. The Morgan fingerprint density at radius 2 is 1.73 bits per heavy atom. The highest BCUT2D eigenvalue weighted by Crippen LogP contribution is 2.29.